The molecule has 17 heavy (non-hydrogen) atoms. The van der Waals surface area contributed by atoms with Crippen LogP contribution >= 0.6 is 0 Å². The molecule has 0 aliphatic heterocycles. The maximum Gasteiger partial charge on any atom is 0.152 e. The summed E-state index contributed by atoms with van der Waals surface area (Å²) in [5.74, 6) is 1.57. The van der Waals surface area contributed by atoms with Crippen LogP contribution in [0.5, 0.6) is 0 Å². The van der Waals surface area contributed by atoms with Gasteiger partial charge in [-0.2, -0.15) is 0 Å². The molecule has 0 atom stereocenters. The summed E-state index contributed by atoms with van der Waals surface area (Å²) < 4.78 is 0. The van der Waals surface area contributed by atoms with Crippen molar-refractivity contribution in [2.45, 2.75) is 61.3 Å². The van der Waals surface area contributed by atoms with Crippen LogP contribution in [0.25, 0.3) is 0 Å². The quantitative estimate of drug-likeness (QED) is 0.675. The van der Waals surface area contributed by atoms with E-state index in [0.717, 1.165) is 18.4 Å². The van der Waals surface area contributed by atoms with Crippen molar-refractivity contribution in [1.82, 2.24) is 0 Å². The van der Waals surface area contributed by atoms with Gasteiger partial charge in [-0.05, 0) is 38.7 Å². The molecule has 0 unspecified atom stereocenters. The summed E-state index contributed by atoms with van der Waals surface area (Å²) in [5.41, 5.74) is 1.06. The van der Waals surface area contributed by atoms with Crippen molar-refractivity contribution < 1.29 is 9.59 Å². The molecule has 0 bridgehead atoms. The van der Waals surface area contributed by atoms with Crippen molar-refractivity contribution in [3.8, 4) is 0 Å². The monoisotopic (exact) mass is 240 g/mol. The van der Waals surface area contributed by atoms with Gasteiger partial charge in [0.25, 0.3) is 0 Å². The molecule has 100 valence electrons. The lowest BCUT2D eigenvalue weighted by Gasteiger charge is -2.05. The summed E-state index contributed by atoms with van der Waals surface area (Å²) in [6, 6.07) is 0. The van der Waals surface area contributed by atoms with Crippen LogP contribution in [-0.4, -0.2) is 11.6 Å². The second kappa shape index (κ2) is 10.2. The molecule has 0 saturated heterocycles. The van der Waals surface area contributed by atoms with Crippen LogP contribution in [-0.2, 0) is 9.59 Å². The van der Waals surface area contributed by atoms with Gasteiger partial charge in [0.15, 0.2) is 5.78 Å². The van der Waals surface area contributed by atoms with Gasteiger partial charge in [0.2, 0.25) is 0 Å². The zero-order valence-corrected chi connectivity index (χ0v) is 12.5. The Balaban J connectivity index is 0. The Bertz CT molecular complexity index is 244. The van der Waals surface area contributed by atoms with Gasteiger partial charge >= 0.3 is 0 Å². The first kappa shape index (κ1) is 18.4. The number of hydrogen-bond acceptors (Lipinski definition) is 2. The lowest BCUT2D eigenvalue weighted by atomic mass is 10.00. The lowest BCUT2D eigenvalue weighted by Crippen LogP contribution is -2.05. The third-order valence-electron chi connectivity index (χ3n) is 1.76. The number of rotatable bonds is 5. The number of carbonyl (C=O) groups is 2. The number of Topliss-reactive ketones (excluding diaryl/α,β-unsaturated/α-hetero) is 1. The van der Waals surface area contributed by atoms with Crippen LogP contribution in [0.3, 0.4) is 0 Å². The highest BCUT2D eigenvalue weighted by molar-refractivity contribution is 5.87. The fourth-order valence-corrected chi connectivity index (χ4v) is 1.40. The average molecular weight is 240 g/mol. The Kier molecular flexibility index (Phi) is 11.1. The highest BCUT2D eigenvalue weighted by Crippen LogP contribution is 2.07. The molecule has 0 aromatic rings. The Labute approximate surface area is 106 Å². The minimum atomic E-state index is 0.125. The Morgan fingerprint density at radius 2 is 1.24 bits per heavy atom. The fourth-order valence-electron chi connectivity index (χ4n) is 1.40. The van der Waals surface area contributed by atoms with Gasteiger partial charge in [-0.3, -0.25) is 9.59 Å². The van der Waals surface area contributed by atoms with Crippen molar-refractivity contribution in [2.24, 2.45) is 11.8 Å². The number of ketones is 2. The van der Waals surface area contributed by atoms with Gasteiger partial charge in [-0.25, -0.2) is 0 Å². The fraction of sp³-hybridized carbons (Fsp3) is 0.733. The van der Waals surface area contributed by atoms with Crippen molar-refractivity contribution in [3.63, 3.8) is 0 Å². The first-order valence-electron chi connectivity index (χ1n) is 6.32. The standard InChI is InChI=1S/C9H18O.C6H10O/c1-7(2)5-9(10)6-8(3)4;1-5(2)4-6(3)7/h7-8H,5-6H2,1-4H3;4H,1-3H3. The van der Waals surface area contributed by atoms with Crippen LogP contribution in [0.4, 0.5) is 0 Å². The molecule has 0 radical (unpaired) electrons. The van der Waals surface area contributed by atoms with Crippen LogP contribution < -0.4 is 0 Å². The maximum absolute atomic E-state index is 11.1. The molecule has 0 spiro atoms. The van der Waals surface area contributed by atoms with Gasteiger partial charge in [-0.1, -0.05) is 33.3 Å². The molecule has 2 nitrogen and oxygen atoms in total. The highest BCUT2D eigenvalue weighted by atomic mass is 16.1. The normalized spacial score (nSPS) is 9.71. The largest absolute Gasteiger partial charge is 0.300 e. The van der Waals surface area contributed by atoms with Crippen molar-refractivity contribution in [3.05, 3.63) is 11.6 Å². The molecule has 0 rings (SSSR count). The Hall–Kier alpha value is -0.920. The second-order valence-electron chi connectivity index (χ2n) is 5.57. The summed E-state index contributed by atoms with van der Waals surface area (Å²) in [6.07, 6.45) is 3.11. The van der Waals surface area contributed by atoms with Crippen molar-refractivity contribution in [2.75, 3.05) is 0 Å². The van der Waals surface area contributed by atoms with E-state index < -0.39 is 0 Å². The van der Waals surface area contributed by atoms with Crippen LogP contribution in [0.2, 0.25) is 0 Å². The first-order valence-corrected chi connectivity index (χ1v) is 6.32. The van der Waals surface area contributed by atoms with Gasteiger partial charge in [0, 0.05) is 12.8 Å². The summed E-state index contributed by atoms with van der Waals surface area (Å²) in [7, 11) is 0. The number of allylic oxidation sites excluding steroid dienone is 2. The van der Waals surface area contributed by atoms with Crippen LogP contribution in [0.1, 0.15) is 61.3 Å². The molecule has 0 amide bonds. The zero-order chi connectivity index (χ0) is 14.0. The molecular formula is C15H28O2. The van der Waals surface area contributed by atoms with Gasteiger partial charge in [0.1, 0.15) is 5.78 Å². The van der Waals surface area contributed by atoms with E-state index in [4.69, 9.17) is 0 Å². The molecule has 0 saturated carbocycles. The smallest absolute Gasteiger partial charge is 0.152 e. The molecule has 0 aromatic carbocycles. The van der Waals surface area contributed by atoms with E-state index in [0.29, 0.717) is 17.6 Å². The topological polar surface area (TPSA) is 34.1 Å². The molecule has 0 aromatic heterocycles. The van der Waals surface area contributed by atoms with E-state index in [1.165, 1.54) is 0 Å². The van der Waals surface area contributed by atoms with Crippen molar-refractivity contribution in [1.29, 1.82) is 0 Å². The molecule has 0 fully saturated rings. The van der Waals surface area contributed by atoms with Crippen LogP contribution in [0, 0.1) is 11.8 Å². The minimum Gasteiger partial charge on any atom is -0.300 e. The number of hydrogen-bond donors (Lipinski definition) is 0. The predicted molar refractivity (Wildman–Crippen MR) is 74.0 cm³/mol. The second-order valence-corrected chi connectivity index (χ2v) is 5.57. The molecule has 0 heterocycles. The van der Waals surface area contributed by atoms with Gasteiger partial charge in [0.05, 0.1) is 0 Å². The van der Waals surface area contributed by atoms with Gasteiger partial charge in [-0.15, -0.1) is 0 Å². The highest BCUT2D eigenvalue weighted by Gasteiger charge is 2.06. The predicted octanol–water partition coefficient (Wildman–Crippen LogP) is 4.19. The summed E-state index contributed by atoms with van der Waals surface area (Å²) in [5, 5.41) is 0. The SMILES string of the molecule is CC(=O)C=C(C)C.CC(C)CC(=O)CC(C)C. The third kappa shape index (κ3) is 21.0. The molecule has 0 aliphatic rings. The Morgan fingerprint density at radius 3 is 1.35 bits per heavy atom. The van der Waals surface area contributed by atoms with E-state index in [1.807, 2.05) is 13.8 Å². The summed E-state index contributed by atoms with van der Waals surface area (Å²) >= 11 is 0. The first-order chi connectivity index (χ1) is 7.65. The van der Waals surface area contributed by atoms with E-state index >= 15 is 0 Å². The third-order valence-corrected chi connectivity index (χ3v) is 1.76. The molecule has 2 heteroatoms. The van der Waals surface area contributed by atoms with Crippen molar-refractivity contribution >= 4 is 11.6 Å². The molecule has 0 aliphatic carbocycles. The Morgan fingerprint density at radius 1 is 0.882 bits per heavy atom. The lowest BCUT2D eigenvalue weighted by molar-refractivity contribution is -0.120. The number of carbonyl (C=O) groups excluding carboxylic acids is 2. The van der Waals surface area contributed by atoms with Crippen LogP contribution in [0.15, 0.2) is 11.6 Å². The van der Waals surface area contributed by atoms with E-state index in [9.17, 15) is 9.59 Å². The summed E-state index contributed by atoms with van der Waals surface area (Å²) in [4.78, 5) is 21.2. The molecular weight excluding hydrogens is 212 g/mol. The maximum atomic E-state index is 11.1. The van der Waals surface area contributed by atoms with E-state index in [2.05, 4.69) is 27.7 Å². The average Bonchev–Trinajstić information content (AvgIpc) is 1.97. The summed E-state index contributed by atoms with van der Waals surface area (Å²) in [6.45, 7) is 13.7. The zero-order valence-electron chi connectivity index (χ0n) is 12.5. The van der Waals surface area contributed by atoms with E-state index in [-0.39, 0.29) is 5.78 Å². The minimum absolute atomic E-state index is 0.125. The van der Waals surface area contributed by atoms with Gasteiger partial charge < -0.3 is 0 Å². The van der Waals surface area contributed by atoms with E-state index in [1.54, 1.807) is 13.0 Å². The molecule has 0 N–H and O–H groups in total.